The third kappa shape index (κ3) is 7.60. The molecule has 0 unspecified atom stereocenters. The van der Waals surface area contributed by atoms with E-state index in [-0.39, 0.29) is 23.4 Å². The third-order valence-corrected chi connectivity index (χ3v) is 7.98. The number of sulfonamides is 1. The molecule has 0 radical (unpaired) electrons. The largest absolute Gasteiger partial charge is 0.497 e. The Hall–Kier alpha value is -3.85. The average molecular weight is 552 g/mol. The van der Waals surface area contributed by atoms with Crippen LogP contribution in [0.5, 0.6) is 5.75 Å². The van der Waals surface area contributed by atoms with E-state index in [1.165, 1.54) is 17.0 Å². The van der Waals surface area contributed by atoms with E-state index in [0.717, 1.165) is 21.0 Å². The molecule has 0 aliphatic rings. The van der Waals surface area contributed by atoms with Gasteiger partial charge in [0.1, 0.15) is 18.3 Å². The van der Waals surface area contributed by atoms with Crippen molar-refractivity contribution in [3.8, 4) is 5.75 Å². The minimum absolute atomic E-state index is 0.0712. The van der Waals surface area contributed by atoms with Gasteiger partial charge in [0, 0.05) is 12.6 Å². The number of aryl methyl sites for hydroxylation is 2. The highest BCUT2D eigenvalue weighted by Gasteiger charge is 2.32. The number of methoxy groups -OCH3 is 1. The van der Waals surface area contributed by atoms with E-state index >= 15 is 0 Å². The number of carbonyl (C=O) groups excluding carboxylic acids is 2. The van der Waals surface area contributed by atoms with Crippen LogP contribution in [0.4, 0.5) is 5.69 Å². The van der Waals surface area contributed by atoms with Crippen LogP contribution < -0.4 is 14.4 Å². The summed E-state index contributed by atoms with van der Waals surface area (Å²) in [7, 11) is -2.55. The quantitative estimate of drug-likeness (QED) is 0.380. The molecule has 3 aromatic carbocycles. The van der Waals surface area contributed by atoms with Crippen LogP contribution >= 0.6 is 0 Å². The second-order valence-electron chi connectivity index (χ2n) is 9.88. The zero-order chi connectivity index (χ0) is 28.7. The molecule has 3 rings (SSSR count). The van der Waals surface area contributed by atoms with E-state index in [0.29, 0.717) is 11.4 Å². The number of nitrogens with one attached hydrogen (secondary N) is 1. The predicted molar refractivity (Wildman–Crippen MR) is 153 cm³/mol. The van der Waals surface area contributed by atoms with Crippen LogP contribution in [0.1, 0.15) is 37.5 Å². The van der Waals surface area contributed by atoms with Crippen molar-refractivity contribution in [1.29, 1.82) is 0 Å². The van der Waals surface area contributed by atoms with Crippen LogP contribution in [-0.4, -0.2) is 50.9 Å². The van der Waals surface area contributed by atoms with Crippen molar-refractivity contribution < 1.29 is 22.7 Å². The van der Waals surface area contributed by atoms with Crippen LogP contribution in [0, 0.1) is 13.8 Å². The monoisotopic (exact) mass is 551 g/mol. The molecular formula is C30H37N3O5S. The lowest BCUT2D eigenvalue weighted by Crippen LogP contribution is -2.52. The minimum Gasteiger partial charge on any atom is -0.497 e. The van der Waals surface area contributed by atoms with Gasteiger partial charge in [-0.15, -0.1) is 0 Å². The summed E-state index contributed by atoms with van der Waals surface area (Å²) < 4.78 is 34.2. The number of ether oxygens (including phenoxy) is 1. The van der Waals surface area contributed by atoms with E-state index in [1.807, 2.05) is 39.8 Å². The summed E-state index contributed by atoms with van der Waals surface area (Å²) in [4.78, 5) is 28.5. The van der Waals surface area contributed by atoms with Gasteiger partial charge in [0.15, 0.2) is 0 Å². The number of hydrogen-bond donors (Lipinski definition) is 1. The molecule has 0 spiro atoms. The van der Waals surface area contributed by atoms with Gasteiger partial charge < -0.3 is 15.0 Å². The van der Waals surface area contributed by atoms with E-state index in [9.17, 15) is 18.0 Å². The smallest absolute Gasteiger partial charge is 0.264 e. The summed E-state index contributed by atoms with van der Waals surface area (Å²) in [5.74, 6) is -0.226. The van der Waals surface area contributed by atoms with Gasteiger partial charge in [-0.1, -0.05) is 36.4 Å². The van der Waals surface area contributed by atoms with Crippen LogP contribution in [0.15, 0.2) is 77.7 Å². The number of hydrogen-bond acceptors (Lipinski definition) is 5. The molecule has 0 fully saturated rings. The molecular weight excluding hydrogens is 514 g/mol. The highest BCUT2D eigenvalue weighted by atomic mass is 32.2. The van der Waals surface area contributed by atoms with Gasteiger partial charge >= 0.3 is 0 Å². The van der Waals surface area contributed by atoms with E-state index in [1.54, 1.807) is 62.6 Å². The van der Waals surface area contributed by atoms with Crippen molar-refractivity contribution >= 4 is 27.5 Å². The number of benzene rings is 3. The van der Waals surface area contributed by atoms with Crippen molar-refractivity contribution in [3.63, 3.8) is 0 Å². The lowest BCUT2D eigenvalue weighted by Gasteiger charge is -2.32. The zero-order valence-corrected chi connectivity index (χ0v) is 24.2. The average Bonchev–Trinajstić information content (AvgIpc) is 2.89. The van der Waals surface area contributed by atoms with Crippen molar-refractivity contribution in [2.75, 3.05) is 18.0 Å². The van der Waals surface area contributed by atoms with E-state index in [2.05, 4.69) is 5.32 Å². The summed E-state index contributed by atoms with van der Waals surface area (Å²) in [6, 6.07) is 19.7. The van der Waals surface area contributed by atoms with E-state index < -0.39 is 28.5 Å². The molecule has 2 amide bonds. The maximum absolute atomic E-state index is 14.0. The molecule has 0 saturated heterocycles. The van der Waals surface area contributed by atoms with Crippen molar-refractivity contribution in [2.45, 2.75) is 58.1 Å². The van der Waals surface area contributed by atoms with Crippen LogP contribution in [-0.2, 0) is 26.2 Å². The number of anilines is 1. The molecule has 208 valence electrons. The Morgan fingerprint density at radius 3 is 2.13 bits per heavy atom. The van der Waals surface area contributed by atoms with Gasteiger partial charge in [-0.05, 0) is 87.7 Å². The van der Waals surface area contributed by atoms with Gasteiger partial charge in [0.25, 0.3) is 10.0 Å². The second-order valence-corrected chi connectivity index (χ2v) is 11.7. The Morgan fingerprint density at radius 1 is 0.897 bits per heavy atom. The highest BCUT2D eigenvalue weighted by Crippen LogP contribution is 2.27. The van der Waals surface area contributed by atoms with Crippen LogP contribution in [0.3, 0.4) is 0 Å². The molecule has 0 aromatic heterocycles. The van der Waals surface area contributed by atoms with Gasteiger partial charge in [0.05, 0.1) is 17.7 Å². The third-order valence-electron chi connectivity index (χ3n) is 6.19. The number of carbonyl (C=O) groups is 2. The Bertz CT molecular complexity index is 1390. The fraction of sp³-hybridized carbons (Fsp3) is 0.333. The topological polar surface area (TPSA) is 96.0 Å². The van der Waals surface area contributed by atoms with E-state index in [4.69, 9.17) is 4.74 Å². The molecule has 0 aliphatic carbocycles. The van der Waals surface area contributed by atoms with Crippen molar-refractivity contribution in [3.05, 3.63) is 89.5 Å². The lowest BCUT2D eigenvalue weighted by molar-refractivity contribution is -0.139. The molecule has 9 heteroatoms. The van der Waals surface area contributed by atoms with Gasteiger partial charge in [-0.3, -0.25) is 13.9 Å². The highest BCUT2D eigenvalue weighted by molar-refractivity contribution is 7.92. The minimum atomic E-state index is -4.10. The van der Waals surface area contributed by atoms with Crippen molar-refractivity contribution in [2.24, 2.45) is 0 Å². The molecule has 1 atom stereocenters. The van der Waals surface area contributed by atoms with Gasteiger partial charge in [-0.25, -0.2) is 8.42 Å². The maximum Gasteiger partial charge on any atom is 0.264 e. The Balaban J connectivity index is 2.06. The summed E-state index contributed by atoms with van der Waals surface area (Å²) in [5.41, 5.74) is 2.85. The summed E-state index contributed by atoms with van der Waals surface area (Å²) >= 11 is 0. The zero-order valence-electron chi connectivity index (χ0n) is 23.3. The molecule has 8 nitrogen and oxygen atoms in total. The van der Waals surface area contributed by atoms with Gasteiger partial charge in [0.2, 0.25) is 11.8 Å². The first-order valence-electron chi connectivity index (χ1n) is 12.8. The fourth-order valence-corrected chi connectivity index (χ4v) is 5.72. The maximum atomic E-state index is 14.0. The van der Waals surface area contributed by atoms with Crippen molar-refractivity contribution in [1.82, 2.24) is 10.2 Å². The summed E-state index contributed by atoms with van der Waals surface area (Å²) in [6.45, 7) is 8.68. The predicted octanol–water partition coefficient (Wildman–Crippen LogP) is 4.45. The standard InChI is InChI=1S/C30H37N3O5S/c1-21(2)31-30(35)24(5)32(19-25-11-10-12-27(18-25)38-6)29(34)20-33(26-16-22(3)15-23(4)17-26)39(36,37)28-13-8-7-9-14-28/h7-18,21,24H,19-20H2,1-6H3,(H,31,35)/t24-/m0/s1. The molecule has 39 heavy (non-hydrogen) atoms. The summed E-state index contributed by atoms with van der Waals surface area (Å²) in [5, 5.41) is 2.85. The SMILES string of the molecule is COc1cccc(CN(C(=O)CN(c2cc(C)cc(C)c2)S(=O)(=O)c2ccccc2)[C@@H](C)C(=O)NC(C)C)c1. The Labute approximate surface area is 231 Å². The fourth-order valence-electron chi connectivity index (χ4n) is 4.30. The first-order valence-corrected chi connectivity index (χ1v) is 14.2. The summed E-state index contributed by atoms with van der Waals surface area (Å²) in [6.07, 6.45) is 0. The Kier molecular flexibility index (Phi) is 9.75. The molecule has 1 N–H and O–H groups in total. The number of amides is 2. The van der Waals surface area contributed by atoms with Crippen LogP contribution in [0.25, 0.3) is 0 Å². The van der Waals surface area contributed by atoms with Gasteiger partial charge in [-0.2, -0.15) is 0 Å². The normalized spacial score (nSPS) is 12.1. The molecule has 0 heterocycles. The molecule has 0 aliphatic heterocycles. The van der Waals surface area contributed by atoms with Crippen LogP contribution in [0.2, 0.25) is 0 Å². The first kappa shape index (κ1) is 29.7. The molecule has 0 saturated carbocycles. The molecule has 0 bridgehead atoms. The molecule has 3 aromatic rings. The number of rotatable bonds is 11. The Morgan fingerprint density at radius 2 is 1.54 bits per heavy atom. The first-order chi connectivity index (χ1) is 18.4. The number of nitrogens with zero attached hydrogens (tertiary/aromatic N) is 2. The lowest BCUT2D eigenvalue weighted by atomic mass is 10.1. The second kappa shape index (κ2) is 12.8.